The summed E-state index contributed by atoms with van der Waals surface area (Å²) in [6.07, 6.45) is 0.773. The van der Waals surface area contributed by atoms with E-state index in [1.165, 1.54) is 4.70 Å². The van der Waals surface area contributed by atoms with Crippen LogP contribution in [0.15, 0.2) is 71.2 Å². The molecule has 1 aromatic heterocycles. The molecule has 0 saturated carbocycles. The van der Waals surface area contributed by atoms with E-state index in [4.69, 9.17) is 4.74 Å². The van der Waals surface area contributed by atoms with Crippen molar-refractivity contribution >= 4 is 49.1 Å². The predicted molar refractivity (Wildman–Crippen MR) is 118 cm³/mol. The number of carbonyl (C=O) groups excluding carboxylic acids is 1. The van der Waals surface area contributed by atoms with Gasteiger partial charge in [0.15, 0.2) is 0 Å². The van der Waals surface area contributed by atoms with Gasteiger partial charge in [-0.05, 0) is 64.0 Å². The summed E-state index contributed by atoms with van der Waals surface area (Å²) in [5.74, 6) is 0.448. The van der Waals surface area contributed by atoms with Gasteiger partial charge in [0.1, 0.15) is 5.75 Å². The summed E-state index contributed by atoms with van der Waals surface area (Å²) < 4.78 is 7.12. The number of ether oxygens (including phenoxy) is 1. The van der Waals surface area contributed by atoms with Gasteiger partial charge in [0.25, 0.3) is 5.91 Å². The number of nitrogens with one attached hydrogen (secondary N) is 1. The van der Waals surface area contributed by atoms with Gasteiger partial charge in [-0.2, -0.15) is 0 Å². The second kappa shape index (κ2) is 8.12. The molecule has 140 valence electrons. The van der Waals surface area contributed by atoms with Crippen molar-refractivity contribution in [2.24, 2.45) is 0 Å². The van der Waals surface area contributed by atoms with E-state index < -0.39 is 0 Å². The number of carbonyl (C=O) groups is 1. The lowest BCUT2D eigenvalue weighted by atomic mass is 10.1. The largest absolute Gasteiger partial charge is 0.497 e. The van der Waals surface area contributed by atoms with Crippen molar-refractivity contribution in [3.8, 4) is 5.75 Å². The first-order chi connectivity index (χ1) is 13.6. The van der Waals surface area contributed by atoms with E-state index in [9.17, 15) is 4.79 Å². The Morgan fingerprint density at radius 1 is 1.11 bits per heavy atom. The first-order valence-corrected chi connectivity index (χ1v) is 10.3. The highest BCUT2D eigenvalue weighted by molar-refractivity contribution is 9.10. The van der Waals surface area contributed by atoms with E-state index in [1.807, 2.05) is 42.5 Å². The lowest BCUT2D eigenvalue weighted by Gasteiger charge is -2.09. The summed E-state index contributed by atoms with van der Waals surface area (Å²) in [7, 11) is 1.58. The molecule has 0 bridgehead atoms. The standard InChI is InChI=1S/C22H17BrN2O2S/c1-27-16-10-11-18(23)17(13-16)22(26)24-15-8-6-14(7-9-15)12-21-25-19-4-2-3-5-20(19)28-21/h2-11,13H,12H2,1H3,(H,24,26). The molecule has 0 unspecified atom stereocenters. The van der Waals surface area contributed by atoms with Gasteiger partial charge in [0.05, 0.1) is 27.9 Å². The van der Waals surface area contributed by atoms with Crippen LogP contribution in [0.25, 0.3) is 10.2 Å². The number of halogens is 1. The quantitative estimate of drug-likeness (QED) is 0.409. The van der Waals surface area contributed by atoms with Crippen LogP contribution in [-0.2, 0) is 6.42 Å². The highest BCUT2D eigenvalue weighted by Gasteiger charge is 2.12. The predicted octanol–water partition coefficient (Wildman–Crippen LogP) is 5.91. The minimum atomic E-state index is -0.190. The number of para-hydroxylation sites is 1. The zero-order chi connectivity index (χ0) is 19.5. The van der Waals surface area contributed by atoms with Gasteiger partial charge in [-0.3, -0.25) is 4.79 Å². The molecule has 0 radical (unpaired) electrons. The van der Waals surface area contributed by atoms with Crippen molar-refractivity contribution in [1.82, 2.24) is 4.98 Å². The normalized spacial score (nSPS) is 10.8. The van der Waals surface area contributed by atoms with Gasteiger partial charge in [0, 0.05) is 16.6 Å². The molecule has 1 heterocycles. The summed E-state index contributed by atoms with van der Waals surface area (Å²) in [6, 6.07) is 21.3. The number of benzene rings is 3. The molecule has 0 aliphatic carbocycles. The molecule has 0 fully saturated rings. The van der Waals surface area contributed by atoms with E-state index in [2.05, 4.69) is 32.3 Å². The van der Waals surface area contributed by atoms with Crippen LogP contribution < -0.4 is 10.1 Å². The van der Waals surface area contributed by atoms with Crippen LogP contribution in [0.5, 0.6) is 5.75 Å². The number of nitrogens with zero attached hydrogens (tertiary/aromatic N) is 1. The second-order valence-electron chi connectivity index (χ2n) is 6.25. The van der Waals surface area contributed by atoms with E-state index in [1.54, 1.807) is 36.6 Å². The third-order valence-corrected chi connectivity index (χ3v) is 6.05. The van der Waals surface area contributed by atoms with Crippen LogP contribution in [0.1, 0.15) is 20.9 Å². The summed E-state index contributed by atoms with van der Waals surface area (Å²) in [5.41, 5.74) is 3.46. The molecule has 3 aromatic carbocycles. The summed E-state index contributed by atoms with van der Waals surface area (Å²) in [5, 5.41) is 4.01. The van der Waals surface area contributed by atoms with Gasteiger partial charge in [-0.15, -0.1) is 11.3 Å². The Bertz CT molecular complexity index is 1110. The third-order valence-electron chi connectivity index (χ3n) is 4.32. The number of methoxy groups -OCH3 is 1. The summed E-state index contributed by atoms with van der Waals surface area (Å²) in [4.78, 5) is 17.2. The molecule has 4 nitrogen and oxygen atoms in total. The number of aromatic nitrogens is 1. The van der Waals surface area contributed by atoms with Crippen LogP contribution in [0.2, 0.25) is 0 Å². The van der Waals surface area contributed by atoms with Crippen molar-refractivity contribution in [3.05, 3.63) is 87.3 Å². The van der Waals surface area contributed by atoms with Gasteiger partial charge >= 0.3 is 0 Å². The van der Waals surface area contributed by atoms with Crippen LogP contribution in [-0.4, -0.2) is 18.0 Å². The Balaban J connectivity index is 1.46. The highest BCUT2D eigenvalue weighted by atomic mass is 79.9. The van der Waals surface area contributed by atoms with Crippen molar-refractivity contribution in [1.29, 1.82) is 0 Å². The Labute approximate surface area is 175 Å². The van der Waals surface area contributed by atoms with Gasteiger partial charge in [-0.1, -0.05) is 24.3 Å². The number of anilines is 1. The monoisotopic (exact) mass is 452 g/mol. The molecule has 0 aliphatic rings. The zero-order valence-electron chi connectivity index (χ0n) is 15.1. The second-order valence-corrected chi connectivity index (χ2v) is 8.22. The molecule has 1 amide bonds. The van der Waals surface area contributed by atoms with Crippen LogP contribution >= 0.6 is 27.3 Å². The van der Waals surface area contributed by atoms with Crippen molar-refractivity contribution < 1.29 is 9.53 Å². The van der Waals surface area contributed by atoms with Crippen molar-refractivity contribution in [2.75, 3.05) is 12.4 Å². The highest BCUT2D eigenvalue weighted by Crippen LogP contribution is 2.25. The number of rotatable bonds is 5. The van der Waals surface area contributed by atoms with Crippen LogP contribution in [0.3, 0.4) is 0 Å². The maximum Gasteiger partial charge on any atom is 0.256 e. The topological polar surface area (TPSA) is 51.2 Å². The number of fused-ring (bicyclic) bond motifs is 1. The Morgan fingerprint density at radius 2 is 1.89 bits per heavy atom. The average molecular weight is 453 g/mol. The minimum absolute atomic E-state index is 0.190. The maximum atomic E-state index is 12.6. The molecule has 0 saturated heterocycles. The first kappa shape index (κ1) is 18.7. The van der Waals surface area contributed by atoms with Crippen LogP contribution in [0, 0.1) is 0 Å². The molecule has 6 heteroatoms. The number of amides is 1. The summed E-state index contributed by atoms with van der Waals surface area (Å²) >= 11 is 5.13. The lowest BCUT2D eigenvalue weighted by molar-refractivity contribution is 0.102. The van der Waals surface area contributed by atoms with Gasteiger partial charge in [-0.25, -0.2) is 4.98 Å². The van der Waals surface area contributed by atoms with E-state index in [0.29, 0.717) is 11.3 Å². The molecule has 28 heavy (non-hydrogen) atoms. The Hall–Kier alpha value is -2.70. The molecule has 1 N–H and O–H groups in total. The van der Waals surface area contributed by atoms with E-state index >= 15 is 0 Å². The fraction of sp³-hybridized carbons (Fsp3) is 0.0909. The van der Waals surface area contributed by atoms with E-state index in [-0.39, 0.29) is 5.91 Å². The fourth-order valence-electron chi connectivity index (χ4n) is 2.88. The van der Waals surface area contributed by atoms with Crippen LogP contribution in [0.4, 0.5) is 5.69 Å². The number of thiazole rings is 1. The third kappa shape index (κ3) is 4.08. The smallest absolute Gasteiger partial charge is 0.256 e. The Morgan fingerprint density at radius 3 is 2.64 bits per heavy atom. The number of hydrogen-bond donors (Lipinski definition) is 1. The van der Waals surface area contributed by atoms with Gasteiger partial charge < -0.3 is 10.1 Å². The molecule has 0 atom stereocenters. The summed E-state index contributed by atoms with van der Waals surface area (Å²) in [6.45, 7) is 0. The fourth-order valence-corrected chi connectivity index (χ4v) is 4.31. The lowest BCUT2D eigenvalue weighted by Crippen LogP contribution is -2.12. The van der Waals surface area contributed by atoms with Gasteiger partial charge in [0.2, 0.25) is 0 Å². The number of hydrogen-bond acceptors (Lipinski definition) is 4. The first-order valence-electron chi connectivity index (χ1n) is 8.70. The zero-order valence-corrected chi connectivity index (χ0v) is 17.5. The molecular formula is C22H17BrN2O2S. The van der Waals surface area contributed by atoms with Crippen molar-refractivity contribution in [2.45, 2.75) is 6.42 Å². The maximum absolute atomic E-state index is 12.6. The average Bonchev–Trinajstić information content (AvgIpc) is 3.12. The Kier molecular flexibility index (Phi) is 5.41. The molecule has 0 aliphatic heterocycles. The SMILES string of the molecule is COc1ccc(Br)c(C(=O)Nc2ccc(Cc3nc4ccccc4s3)cc2)c1. The van der Waals surface area contributed by atoms with E-state index in [0.717, 1.165) is 32.7 Å². The minimum Gasteiger partial charge on any atom is -0.497 e. The molecule has 0 spiro atoms. The molecule has 4 rings (SSSR count). The molecular weight excluding hydrogens is 436 g/mol. The van der Waals surface area contributed by atoms with Crippen molar-refractivity contribution in [3.63, 3.8) is 0 Å². The molecule has 4 aromatic rings.